The largest absolute Gasteiger partial charge is 0.478 e. The fourth-order valence-corrected chi connectivity index (χ4v) is 2.10. The van der Waals surface area contributed by atoms with Crippen molar-refractivity contribution in [2.75, 3.05) is 5.32 Å². The van der Waals surface area contributed by atoms with Crippen LogP contribution in [0.1, 0.15) is 34.5 Å². The normalized spacial score (nSPS) is 11.9. The molecule has 2 aromatic rings. The molecule has 2 aromatic carbocycles. The average molecular weight is 290 g/mol. The van der Waals surface area contributed by atoms with E-state index in [0.29, 0.717) is 5.02 Å². The summed E-state index contributed by atoms with van der Waals surface area (Å²) in [6.45, 7) is 3.97. The van der Waals surface area contributed by atoms with Gasteiger partial charge in [0.15, 0.2) is 0 Å². The van der Waals surface area contributed by atoms with Crippen molar-refractivity contribution in [1.29, 1.82) is 0 Å². The highest BCUT2D eigenvalue weighted by molar-refractivity contribution is 6.30. The van der Waals surface area contributed by atoms with Gasteiger partial charge in [0, 0.05) is 16.8 Å². The number of hydrogen-bond donors (Lipinski definition) is 2. The van der Waals surface area contributed by atoms with Crippen molar-refractivity contribution in [3.8, 4) is 0 Å². The molecule has 0 aliphatic carbocycles. The molecule has 0 radical (unpaired) electrons. The summed E-state index contributed by atoms with van der Waals surface area (Å²) in [7, 11) is 0. The van der Waals surface area contributed by atoms with Crippen molar-refractivity contribution in [3.63, 3.8) is 0 Å². The molecule has 1 unspecified atom stereocenters. The third-order valence-electron chi connectivity index (χ3n) is 3.23. The van der Waals surface area contributed by atoms with E-state index >= 15 is 0 Å². The predicted molar refractivity (Wildman–Crippen MR) is 81.6 cm³/mol. The third kappa shape index (κ3) is 3.31. The van der Waals surface area contributed by atoms with E-state index in [1.54, 1.807) is 18.2 Å². The second-order valence-corrected chi connectivity index (χ2v) is 5.19. The highest BCUT2D eigenvalue weighted by Gasteiger charge is 2.10. The number of carboxylic acids is 1. The summed E-state index contributed by atoms with van der Waals surface area (Å²) in [6, 6.07) is 12.7. The molecule has 0 fully saturated rings. The molecule has 0 aliphatic rings. The number of nitrogens with one attached hydrogen (secondary N) is 1. The maximum absolute atomic E-state index is 11.0. The quantitative estimate of drug-likeness (QED) is 0.870. The number of aryl methyl sites for hydroxylation is 1. The summed E-state index contributed by atoms with van der Waals surface area (Å²) in [5.41, 5.74) is 3.21. The van der Waals surface area contributed by atoms with E-state index in [1.807, 2.05) is 38.1 Å². The molecule has 0 amide bonds. The number of anilines is 1. The average Bonchev–Trinajstić information content (AvgIpc) is 2.41. The molecule has 0 heterocycles. The first-order valence-electron chi connectivity index (χ1n) is 6.33. The van der Waals surface area contributed by atoms with E-state index in [0.717, 1.165) is 16.8 Å². The maximum Gasteiger partial charge on any atom is 0.335 e. The number of aromatic carboxylic acids is 1. The van der Waals surface area contributed by atoms with E-state index in [1.165, 1.54) is 0 Å². The number of carbonyl (C=O) groups is 1. The zero-order valence-electron chi connectivity index (χ0n) is 11.4. The molecule has 0 saturated carbocycles. The number of benzene rings is 2. The van der Waals surface area contributed by atoms with E-state index in [9.17, 15) is 4.79 Å². The van der Waals surface area contributed by atoms with Crippen LogP contribution in [-0.4, -0.2) is 11.1 Å². The van der Waals surface area contributed by atoms with Crippen LogP contribution in [0.3, 0.4) is 0 Å². The number of halogens is 1. The second kappa shape index (κ2) is 5.97. The van der Waals surface area contributed by atoms with Gasteiger partial charge in [0.25, 0.3) is 0 Å². The van der Waals surface area contributed by atoms with Crippen molar-refractivity contribution in [2.24, 2.45) is 0 Å². The molecule has 20 heavy (non-hydrogen) atoms. The Morgan fingerprint density at radius 2 is 1.85 bits per heavy atom. The standard InChI is InChI=1S/C16H16ClNO2/c1-10-3-4-13(16(19)20)9-15(10)18-11(2)12-5-7-14(17)8-6-12/h3-9,11,18H,1-2H3,(H,19,20). The predicted octanol–water partition coefficient (Wildman–Crippen LogP) is 4.52. The third-order valence-corrected chi connectivity index (χ3v) is 3.48. The van der Waals surface area contributed by atoms with Gasteiger partial charge in [-0.25, -0.2) is 4.79 Å². The first-order valence-corrected chi connectivity index (χ1v) is 6.71. The van der Waals surface area contributed by atoms with Crippen molar-refractivity contribution in [2.45, 2.75) is 19.9 Å². The smallest absolute Gasteiger partial charge is 0.335 e. The fourth-order valence-electron chi connectivity index (χ4n) is 1.98. The molecule has 0 spiro atoms. The van der Waals surface area contributed by atoms with Gasteiger partial charge in [0.05, 0.1) is 5.56 Å². The van der Waals surface area contributed by atoms with Crippen LogP contribution in [0.4, 0.5) is 5.69 Å². The van der Waals surface area contributed by atoms with Crippen molar-refractivity contribution in [1.82, 2.24) is 0 Å². The van der Waals surface area contributed by atoms with Gasteiger partial charge >= 0.3 is 5.97 Å². The molecule has 0 aliphatic heterocycles. The Kier molecular flexibility index (Phi) is 4.30. The molecule has 0 aromatic heterocycles. The highest BCUT2D eigenvalue weighted by Crippen LogP contribution is 2.24. The summed E-state index contributed by atoms with van der Waals surface area (Å²) in [5.74, 6) is -0.924. The van der Waals surface area contributed by atoms with Crippen LogP contribution in [-0.2, 0) is 0 Å². The number of hydrogen-bond acceptors (Lipinski definition) is 2. The minimum atomic E-state index is -0.924. The zero-order valence-corrected chi connectivity index (χ0v) is 12.1. The molecule has 2 N–H and O–H groups in total. The summed E-state index contributed by atoms with van der Waals surface area (Å²) >= 11 is 5.87. The Balaban J connectivity index is 2.22. The SMILES string of the molecule is Cc1ccc(C(=O)O)cc1NC(C)c1ccc(Cl)cc1. The fraction of sp³-hybridized carbons (Fsp3) is 0.188. The zero-order chi connectivity index (χ0) is 14.7. The Labute approximate surface area is 123 Å². The lowest BCUT2D eigenvalue weighted by Crippen LogP contribution is -2.08. The molecule has 2 rings (SSSR count). The molecular weight excluding hydrogens is 274 g/mol. The van der Waals surface area contributed by atoms with Crippen LogP contribution in [0.25, 0.3) is 0 Å². The minimum absolute atomic E-state index is 0.0648. The summed E-state index contributed by atoms with van der Waals surface area (Å²) in [6.07, 6.45) is 0. The first kappa shape index (κ1) is 14.4. The molecular formula is C16H16ClNO2. The lowest BCUT2D eigenvalue weighted by Gasteiger charge is -2.18. The molecule has 0 bridgehead atoms. The van der Waals surface area contributed by atoms with Crippen LogP contribution < -0.4 is 5.32 Å². The Morgan fingerprint density at radius 1 is 1.20 bits per heavy atom. The molecule has 0 saturated heterocycles. The second-order valence-electron chi connectivity index (χ2n) is 4.75. The van der Waals surface area contributed by atoms with Crippen LogP contribution in [0.2, 0.25) is 5.02 Å². The van der Waals surface area contributed by atoms with Crippen LogP contribution in [0, 0.1) is 6.92 Å². The monoisotopic (exact) mass is 289 g/mol. The van der Waals surface area contributed by atoms with Crippen molar-refractivity contribution < 1.29 is 9.90 Å². The van der Waals surface area contributed by atoms with Crippen LogP contribution in [0.5, 0.6) is 0 Å². The Morgan fingerprint density at radius 3 is 2.45 bits per heavy atom. The van der Waals surface area contributed by atoms with Crippen LogP contribution >= 0.6 is 11.6 Å². The first-order chi connectivity index (χ1) is 9.47. The lowest BCUT2D eigenvalue weighted by molar-refractivity contribution is 0.0697. The van der Waals surface area contributed by atoms with Gasteiger partial charge in [0.2, 0.25) is 0 Å². The molecule has 4 heteroatoms. The van der Waals surface area contributed by atoms with Crippen LogP contribution in [0.15, 0.2) is 42.5 Å². The summed E-state index contributed by atoms with van der Waals surface area (Å²) in [4.78, 5) is 11.0. The van der Waals surface area contributed by atoms with Gasteiger partial charge in [-0.2, -0.15) is 0 Å². The summed E-state index contributed by atoms with van der Waals surface area (Å²) < 4.78 is 0. The van der Waals surface area contributed by atoms with E-state index in [2.05, 4.69) is 5.32 Å². The van der Waals surface area contributed by atoms with Gasteiger partial charge in [-0.1, -0.05) is 29.8 Å². The molecule has 3 nitrogen and oxygen atoms in total. The lowest BCUT2D eigenvalue weighted by atomic mass is 10.1. The maximum atomic E-state index is 11.0. The Bertz CT molecular complexity index is 623. The van der Waals surface area contributed by atoms with Gasteiger partial charge in [-0.05, 0) is 49.2 Å². The van der Waals surface area contributed by atoms with Crippen molar-refractivity contribution >= 4 is 23.3 Å². The Hall–Kier alpha value is -2.00. The highest BCUT2D eigenvalue weighted by atomic mass is 35.5. The molecule has 104 valence electrons. The van der Waals surface area contributed by atoms with E-state index < -0.39 is 5.97 Å². The van der Waals surface area contributed by atoms with E-state index in [-0.39, 0.29) is 11.6 Å². The van der Waals surface area contributed by atoms with Gasteiger partial charge in [-0.15, -0.1) is 0 Å². The number of carboxylic acid groups (broad SMARTS) is 1. The topological polar surface area (TPSA) is 49.3 Å². The van der Waals surface area contributed by atoms with Gasteiger partial charge in [-0.3, -0.25) is 0 Å². The van der Waals surface area contributed by atoms with Gasteiger partial charge < -0.3 is 10.4 Å². The minimum Gasteiger partial charge on any atom is -0.478 e. The number of rotatable bonds is 4. The van der Waals surface area contributed by atoms with Crippen molar-refractivity contribution in [3.05, 3.63) is 64.2 Å². The van der Waals surface area contributed by atoms with Gasteiger partial charge in [0.1, 0.15) is 0 Å². The molecule has 1 atom stereocenters. The summed E-state index contributed by atoms with van der Waals surface area (Å²) in [5, 5.41) is 13.1. The van der Waals surface area contributed by atoms with E-state index in [4.69, 9.17) is 16.7 Å².